The number of benzene rings is 2. The van der Waals surface area contributed by atoms with Crippen LogP contribution in [0.1, 0.15) is 6.92 Å². The van der Waals surface area contributed by atoms with Gasteiger partial charge in [-0.15, -0.1) is 0 Å². The summed E-state index contributed by atoms with van der Waals surface area (Å²) in [7, 11) is 0. The largest absolute Gasteiger partial charge is 0.366 e. The van der Waals surface area contributed by atoms with Crippen LogP contribution in [0.15, 0.2) is 42.5 Å². The van der Waals surface area contributed by atoms with Crippen molar-refractivity contribution in [2.45, 2.75) is 13.0 Å². The van der Waals surface area contributed by atoms with Crippen LogP contribution in [0.4, 0.5) is 14.5 Å². The minimum atomic E-state index is -0.311. The van der Waals surface area contributed by atoms with E-state index in [1.807, 2.05) is 6.07 Å². The third kappa shape index (κ3) is 3.05. The van der Waals surface area contributed by atoms with E-state index >= 15 is 0 Å². The lowest BCUT2D eigenvalue weighted by atomic mass is 10.0. The Labute approximate surface area is 123 Å². The Hall–Kier alpha value is -1.94. The van der Waals surface area contributed by atoms with Crippen molar-refractivity contribution in [3.8, 4) is 11.1 Å². The summed E-state index contributed by atoms with van der Waals surface area (Å²) in [5.41, 5.74) is 2.25. The zero-order chi connectivity index (χ0) is 14.8. The molecule has 1 heterocycles. The molecule has 21 heavy (non-hydrogen) atoms. The Morgan fingerprint density at radius 3 is 2.62 bits per heavy atom. The molecule has 110 valence electrons. The van der Waals surface area contributed by atoms with Gasteiger partial charge in [0.15, 0.2) is 0 Å². The lowest BCUT2D eigenvalue weighted by Gasteiger charge is -2.36. The molecule has 0 spiro atoms. The van der Waals surface area contributed by atoms with Crippen LogP contribution in [0.3, 0.4) is 0 Å². The normalized spacial score (nSPS) is 18.8. The fourth-order valence-electron chi connectivity index (χ4n) is 2.80. The molecule has 0 amide bonds. The molecule has 1 fully saturated rings. The zero-order valence-electron chi connectivity index (χ0n) is 11.9. The molecule has 0 unspecified atom stereocenters. The molecule has 1 aliphatic rings. The average molecular weight is 288 g/mol. The van der Waals surface area contributed by atoms with Gasteiger partial charge in [-0.1, -0.05) is 12.1 Å². The number of nitrogens with one attached hydrogen (secondary N) is 1. The first-order valence-electron chi connectivity index (χ1n) is 7.17. The van der Waals surface area contributed by atoms with Crippen molar-refractivity contribution in [1.82, 2.24) is 5.32 Å². The van der Waals surface area contributed by atoms with Gasteiger partial charge in [-0.2, -0.15) is 0 Å². The van der Waals surface area contributed by atoms with Gasteiger partial charge < -0.3 is 10.2 Å². The molecule has 0 aliphatic carbocycles. The Morgan fingerprint density at radius 1 is 1.05 bits per heavy atom. The van der Waals surface area contributed by atoms with Crippen molar-refractivity contribution in [3.63, 3.8) is 0 Å². The fraction of sp³-hybridized carbons (Fsp3) is 0.294. The molecule has 1 aliphatic heterocycles. The lowest BCUT2D eigenvalue weighted by Crippen LogP contribution is -2.49. The minimum absolute atomic E-state index is 0.294. The van der Waals surface area contributed by atoms with Crippen molar-refractivity contribution in [2.24, 2.45) is 0 Å². The third-order valence-electron chi connectivity index (χ3n) is 3.87. The molecule has 3 rings (SSSR count). The summed E-state index contributed by atoms with van der Waals surface area (Å²) in [5.74, 6) is -0.605. The van der Waals surface area contributed by atoms with Crippen molar-refractivity contribution < 1.29 is 8.78 Å². The van der Waals surface area contributed by atoms with Crippen molar-refractivity contribution in [3.05, 3.63) is 54.1 Å². The van der Waals surface area contributed by atoms with E-state index < -0.39 is 0 Å². The third-order valence-corrected chi connectivity index (χ3v) is 3.87. The molecular formula is C17H18F2N2. The van der Waals surface area contributed by atoms with Gasteiger partial charge in [0.1, 0.15) is 11.6 Å². The standard InChI is InChI=1S/C17H18F2N2/c1-12-11-20-5-6-21(12)17-9-14(8-16(19)10-17)13-3-2-4-15(18)7-13/h2-4,7-10,12,20H,5-6,11H2,1H3/t12-/m1/s1. The topological polar surface area (TPSA) is 15.3 Å². The molecule has 1 N–H and O–H groups in total. The van der Waals surface area contributed by atoms with Gasteiger partial charge in [0.25, 0.3) is 0 Å². The quantitative estimate of drug-likeness (QED) is 0.911. The second-order valence-electron chi connectivity index (χ2n) is 5.45. The van der Waals surface area contributed by atoms with E-state index in [-0.39, 0.29) is 11.6 Å². The van der Waals surface area contributed by atoms with Gasteiger partial charge in [-0.3, -0.25) is 0 Å². The van der Waals surface area contributed by atoms with E-state index in [1.165, 1.54) is 18.2 Å². The van der Waals surface area contributed by atoms with Gasteiger partial charge >= 0.3 is 0 Å². The van der Waals surface area contributed by atoms with Crippen LogP contribution in [0.25, 0.3) is 11.1 Å². The first kappa shape index (κ1) is 14.0. The van der Waals surface area contributed by atoms with Crippen molar-refractivity contribution >= 4 is 5.69 Å². The number of hydrogen-bond acceptors (Lipinski definition) is 2. The number of anilines is 1. The Kier molecular flexibility index (Phi) is 3.88. The Bertz CT molecular complexity index is 642. The van der Waals surface area contributed by atoms with Crippen molar-refractivity contribution in [2.75, 3.05) is 24.5 Å². The summed E-state index contributed by atoms with van der Waals surface area (Å²) in [6.07, 6.45) is 0. The van der Waals surface area contributed by atoms with Crippen molar-refractivity contribution in [1.29, 1.82) is 0 Å². The molecule has 4 heteroatoms. The van der Waals surface area contributed by atoms with Crippen LogP contribution < -0.4 is 10.2 Å². The number of nitrogens with zero attached hydrogens (tertiary/aromatic N) is 1. The molecule has 0 bridgehead atoms. The minimum Gasteiger partial charge on any atom is -0.366 e. The maximum absolute atomic E-state index is 14.0. The highest BCUT2D eigenvalue weighted by Crippen LogP contribution is 2.28. The number of rotatable bonds is 2. The zero-order valence-corrected chi connectivity index (χ0v) is 11.9. The number of halogens is 2. The second-order valence-corrected chi connectivity index (χ2v) is 5.45. The van der Waals surface area contributed by atoms with Gasteiger partial charge in [0.05, 0.1) is 0 Å². The molecule has 2 aromatic carbocycles. The highest BCUT2D eigenvalue weighted by Gasteiger charge is 2.19. The molecule has 0 saturated carbocycles. The summed E-state index contributed by atoms with van der Waals surface area (Å²) in [6, 6.07) is 11.5. The van der Waals surface area contributed by atoms with Gasteiger partial charge in [-0.05, 0) is 48.4 Å². The highest BCUT2D eigenvalue weighted by molar-refractivity contribution is 5.69. The van der Waals surface area contributed by atoms with Crippen LogP contribution in [-0.4, -0.2) is 25.7 Å². The van der Waals surface area contributed by atoms with E-state index in [9.17, 15) is 8.78 Å². The first-order valence-corrected chi connectivity index (χ1v) is 7.17. The highest BCUT2D eigenvalue weighted by atomic mass is 19.1. The summed E-state index contributed by atoms with van der Waals surface area (Å²) < 4.78 is 27.3. The molecule has 0 radical (unpaired) electrons. The Morgan fingerprint density at radius 2 is 1.86 bits per heavy atom. The smallest absolute Gasteiger partial charge is 0.125 e. The maximum Gasteiger partial charge on any atom is 0.125 e. The lowest BCUT2D eigenvalue weighted by molar-refractivity contribution is 0.499. The van der Waals surface area contributed by atoms with E-state index in [4.69, 9.17) is 0 Å². The van der Waals surface area contributed by atoms with Crippen LogP contribution in [0.5, 0.6) is 0 Å². The van der Waals surface area contributed by atoms with E-state index in [0.717, 1.165) is 25.3 Å². The fourth-order valence-corrected chi connectivity index (χ4v) is 2.80. The number of piperazine rings is 1. The van der Waals surface area contributed by atoms with Crippen LogP contribution >= 0.6 is 0 Å². The Balaban J connectivity index is 2.00. The van der Waals surface area contributed by atoms with Crippen LogP contribution in [0.2, 0.25) is 0 Å². The summed E-state index contributed by atoms with van der Waals surface area (Å²) >= 11 is 0. The maximum atomic E-state index is 14.0. The molecule has 0 aromatic heterocycles. The van der Waals surface area contributed by atoms with Gasteiger partial charge in [0.2, 0.25) is 0 Å². The van der Waals surface area contributed by atoms with Gasteiger partial charge in [0, 0.05) is 31.4 Å². The predicted molar refractivity (Wildman–Crippen MR) is 81.5 cm³/mol. The summed E-state index contributed by atoms with van der Waals surface area (Å²) in [5, 5.41) is 3.32. The molecule has 1 atom stereocenters. The number of hydrogen-bond donors (Lipinski definition) is 1. The van der Waals surface area contributed by atoms with Crippen LogP contribution in [-0.2, 0) is 0 Å². The SMILES string of the molecule is C[C@@H]1CNCCN1c1cc(F)cc(-c2cccc(F)c2)c1. The summed E-state index contributed by atoms with van der Waals surface area (Å²) in [4.78, 5) is 2.18. The van der Waals surface area contributed by atoms with E-state index in [0.29, 0.717) is 17.2 Å². The van der Waals surface area contributed by atoms with Gasteiger partial charge in [-0.25, -0.2) is 8.78 Å². The average Bonchev–Trinajstić information content (AvgIpc) is 2.47. The molecule has 1 saturated heterocycles. The molecular weight excluding hydrogens is 270 g/mol. The van der Waals surface area contributed by atoms with Crippen LogP contribution in [0, 0.1) is 11.6 Å². The van der Waals surface area contributed by atoms with E-state index in [2.05, 4.69) is 17.1 Å². The molecule has 2 nitrogen and oxygen atoms in total. The summed E-state index contributed by atoms with van der Waals surface area (Å²) in [6.45, 7) is 4.72. The van der Waals surface area contributed by atoms with E-state index in [1.54, 1.807) is 18.2 Å². The second kappa shape index (κ2) is 5.82. The molecule has 2 aromatic rings. The monoisotopic (exact) mass is 288 g/mol. The first-order chi connectivity index (χ1) is 10.1. The predicted octanol–water partition coefficient (Wildman–Crippen LogP) is 3.43.